The molecule has 1 aliphatic heterocycles. The fourth-order valence-electron chi connectivity index (χ4n) is 3.60. The molecule has 1 aliphatic rings. The lowest BCUT2D eigenvalue weighted by atomic mass is 10.0. The van der Waals surface area contributed by atoms with Gasteiger partial charge < -0.3 is 20.3 Å². The Kier molecular flexibility index (Phi) is 7.98. The van der Waals surface area contributed by atoms with Crippen molar-refractivity contribution in [3.63, 3.8) is 0 Å². The second kappa shape index (κ2) is 10.9. The van der Waals surface area contributed by atoms with Crippen LogP contribution in [-0.4, -0.2) is 69.8 Å². The largest absolute Gasteiger partial charge is 0.379 e. The van der Waals surface area contributed by atoms with Gasteiger partial charge in [-0.05, 0) is 23.8 Å². The fraction of sp³-hybridized carbons (Fsp3) is 0.455. The van der Waals surface area contributed by atoms with Crippen molar-refractivity contribution < 1.29 is 9.13 Å². The number of pyridine rings is 1. The average molecular weight is 415 g/mol. The first kappa shape index (κ1) is 22.0. The van der Waals surface area contributed by atoms with E-state index in [2.05, 4.69) is 31.6 Å². The van der Waals surface area contributed by atoms with Gasteiger partial charge in [-0.3, -0.25) is 9.89 Å². The van der Waals surface area contributed by atoms with Crippen molar-refractivity contribution in [3.05, 3.63) is 59.5 Å². The number of benzene rings is 1. The summed E-state index contributed by atoms with van der Waals surface area (Å²) >= 11 is 0. The van der Waals surface area contributed by atoms with Gasteiger partial charge >= 0.3 is 0 Å². The predicted octanol–water partition coefficient (Wildman–Crippen LogP) is 2.03. The summed E-state index contributed by atoms with van der Waals surface area (Å²) in [4.78, 5) is 13.2. The molecular formula is C22H31FN6O. The molecular weight excluding hydrogens is 383 g/mol. The molecule has 2 aromatic rings. The van der Waals surface area contributed by atoms with E-state index in [1.54, 1.807) is 13.2 Å². The smallest absolute Gasteiger partial charge is 0.191 e. The summed E-state index contributed by atoms with van der Waals surface area (Å²) in [6.45, 7) is 4.37. The molecule has 2 heterocycles. The molecule has 8 heteroatoms. The monoisotopic (exact) mass is 414 g/mol. The minimum absolute atomic E-state index is 0.101. The van der Waals surface area contributed by atoms with Crippen LogP contribution in [0.3, 0.4) is 0 Å². The average Bonchev–Trinajstić information content (AvgIpc) is 2.78. The minimum atomic E-state index is -0.224. The maximum atomic E-state index is 13.4. The molecule has 1 saturated heterocycles. The molecule has 7 nitrogen and oxygen atoms in total. The van der Waals surface area contributed by atoms with Crippen LogP contribution in [0.2, 0.25) is 0 Å². The van der Waals surface area contributed by atoms with Crippen molar-refractivity contribution in [1.82, 2.24) is 20.5 Å². The summed E-state index contributed by atoms with van der Waals surface area (Å²) < 4.78 is 18.9. The summed E-state index contributed by atoms with van der Waals surface area (Å²) in [5.74, 6) is 1.42. The second-order valence-corrected chi connectivity index (χ2v) is 7.40. The van der Waals surface area contributed by atoms with Crippen LogP contribution < -0.4 is 15.5 Å². The zero-order valence-corrected chi connectivity index (χ0v) is 17.9. The molecule has 0 saturated carbocycles. The molecule has 1 aromatic heterocycles. The molecule has 1 aromatic carbocycles. The number of morpholine rings is 1. The fourth-order valence-corrected chi connectivity index (χ4v) is 3.60. The molecule has 0 bridgehead atoms. The van der Waals surface area contributed by atoms with Crippen LogP contribution >= 0.6 is 0 Å². The van der Waals surface area contributed by atoms with Gasteiger partial charge in [0.15, 0.2) is 5.96 Å². The summed E-state index contributed by atoms with van der Waals surface area (Å²) in [6, 6.07) is 10.8. The van der Waals surface area contributed by atoms with E-state index in [0.29, 0.717) is 32.3 Å². The van der Waals surface area contributed by atoms with E-state index >= 15 is 0 Å². The summed E-state index contributed by atoms with van der Waals surface area (Å²) in [5, 5.41) is 6.80. The van der Waals surface area contributed by atoms with Gasteiger partial charge in [0.25, 0.3) is 0 Å². The van der Waals surface area contributed by atoms with E-state index in [0.717, 1.165) is 30.0 Å². The topological polar surface area (TPSA) is 65.0 Å². The van der Waals surface area contributed by atoms with Gasteiger partial charge in [0.1, 0.15) is 11.6 Å². The summed E-state index contributed by atoms with van der Waals surface area (Å²) in [5.41, 5.74) is 2.16. The Morgan fingerprint density at radius 1 is 1.20 bits per heavy atom. The Morgan fingerprint density at radius 2 is 1.93 bits per heavy atom. The summed E-state index contributed by atoms with van der Waals surface area (Å²) in [6.07, 6.45) is 1.79. The van der Waals surface area contributed by atoms with Crippen LogP contribution in [-0.2, 0) is 11.3 Å². The number of aromatic nitrogens is 1. The molecule has 1 atom stereocenters. The van der Waals surface area contributed by atoms with E-state index in [1.165, 1.54) is 12.1 Å². The van der Waals surface area contributed by atoms with Crippen molar-refractivity contribution in [3.8, 4) is 0 Å². The van der Waals surface area contributed by atoms with Gasteiger partial charge in [0.2, 0.25) is 0 Å². The lowest BCUT2D eigenvalue weighted by Gasteiger charge is -2.35. The third-order valence-corrected chi connectivity index (χ3v) is 5.17. The van der Waals surface area contributed by atoms with E-state index in [9.17, 15) is 4.39 Å². The molecule has 0 aliphatic carbocycles. The Hall–Kier alpha value is -2.71. The van der Waals surface area contributed by atoms with Crippen LogP contribution in [0.4, 0.5) is 10.2 Å². The number of halogens is 1. The zero-order chi connectivity index (χ0) is 21.3. The van der Waals surface area contributed by atoms with Crippen molar-refractivity contribution in [2.75, 3.05) is 58.9 Å². The predicted molar refractivity (Wildman–Crippen MR) is 118 cm³/mol. The van der Waals surface area contributed by atoms with Crippen molar-refractivity contribution >= 4 is 11.8 Å². The van der Waals surface area contributed by atoms with Crippen LogP contribution in [0.15, 0.2) is 47.6 Å². The lowest BCUT2D eigenvalue weighted by Crippen LogP contribution is -2.46. The number of nitrogens with zero attached hydrogens (tertiary/aromatic N) is 4. The third kappa shape index (κ3) is 5.90. The van der Waals surface area contributed by atoms with Gasteiger partial charge in [-0.1, -0.05) is 18.2 Å². The number of aliphatic imine (C=N–C) groups is 1. The number of nitrogens with one attached hydrogen (secondary N) is 2. The van der Waals surface area contributed by atoms with Gasteiger partial charge in [-0.25, -0.2) is 9.37 Å². The second-order valence-electron chi connectivity index (χ2n) is 7.40. The van der Waals surface area contributed by atoms with E-state index < -0.39 is 0 Å². The Bertz CT molecular complexity index is 821. The standard InChI is InChI=1S/C22H31FN6O/c1-24-22(26-15-18-5-4-10-25-21(18)28(2)3)27-16-20(29-11-13-30-14-12-29)17-6-8-19(23)9-7-17/h4-10,20H,11-16H2,1-3H3,(H2,24,26,27). The molecule has 162 valence electrons. The maximum Gasteiger partial charge on any atom is 0.191 e. The zero-order valence-electron chi connectivity index (χ0n) is 17.9. The van der Waals surface area contributed by atoms with Crippen LogP contribution in [0.25, 0.3) is 0 Å². The van der Waals surface area contributed by atoms with Crippen molar-refractivity contribution in [2.24, 2.45) is 4.99 Å². The van der Waals surface area contributed by atoms with Crippen LogP contribution in [0.1, 0.15) is 17.2 Å². The molecule has 0 amide bonds. The Labute approximate surface area is 178 Å². The molecule has 2 N–H and O–H groups in total. The molecule has 1 fully saturated rings. The van der Waals surface area contributed by atoms with Crippen LogP contribution in [0.5, 0.6) is 0 Å². The first-order chi connectivity index (χ1) is 14.6. The Morgan fingerprint density at radius 3 is 2.60 bits per heavy atom. The number of guanidine groups is 1. The van der Waals surface area contributed by atoms with Gasteiger partial charge in [-0.15, -0.1) is 0 Å². The number of anilines is 1. The molecule has 0 radical (unpaired) electrons. The summed E-state index contributed by atoms with van der Waals surface area (Å²) in [7, 11) is 5.72. The molecule has 1 unspecified atom stereocenters. The third-order valence-electron chi connectivity index (χ3n) is 5.17. The number of rotatable bonds is 7. The number of hydrogen-bond donors (Lipinski definition) is 2. The first-order valence-electron chi connectivity index (χ1n) is 10.2. The molecule has 3 rings (SSSR count). The normalized spacial score (nSPS) is 16.2. The van der Waals surface area contributed by atoms with Crippen molar-refractivity contribution in [2.45, 2.75) is 12.6 Å². The van der Waals surface area contributed by atoms with Crippen LogP contribution in [0, 0.1) is 5.82 Å². The number of ether oxygens (including phenoxy) is 1. The van der Waals surface area contributed by atoms with E-state index in [1.807, 2.05) is 37.2 Å². The quantitative estimate of drug-likeness (QED) is 0.534. The van der Waals surface area contributed by atoms with E-state index in [4.69, 9.17) is 4.74 Å². The SMILES string of the molecule is CN=C(NCc1cccnc1N(C)C)NCC(c1ccc(F)cc1)N1CCOCC1. The highest BCUT2D eigenvalue weighted by Gasteiger charge is 2.23. The Balaban J connectivity index is 1.65. The lowest BCUT2D eigenvalue weighted by molar-refractivity contribution is 0.0170. The highest BCUT2D eigenvalue weighted by Crippen LogP contribution is 2.21. The van der Waals surface area contributed by atoms with Gasteiger partial charge in [0, 0.05) is 59.1 Å². The number of hydrogen-bond acceptors (Lipinski definition) is 5. The van der Waals surface area contributed by atoms with Crippen molar-refractivity contribution in [1.29, 1.82) is 0 Å². The molecule has 30 heavy (non-hydrogen) atoms. The maximum absolute atomic E-state index is 13.4. The highest BCUT2D eigenvalue weighted by atomic mass is 19.1. The first-order valence-corrected chi connectivity index (χ1v) is 10.2. The highest BCUT2D eigenvalue weighted by molar-refractivity contribution is 5.79. The molecule has 0 spiro atoms. The van der Waals surface area contributed by atoms with Gasteiger partial charge in [-0.2, -0.15) is 0 Å². The van der Waals surface area contributed by atoms with E-state index in [-0.39, 0.29) is 11.9 Å². The minimum Gasteiger partial charge on any atom is -0.379 e. The van der Waals surface area contributed by atoms with Gasteiger partial charge in [0.05, 0.1) is 19.3 Å².